The van der Waals surface area contributed by atoms with Gasteiger partial charge in [0, 0.05) is 67.4 Å². The molecule has 2 aromatic heterocycles. The van der Waals surface area contributed by atoms with Crippen molar-refractivity contribution < 1.29 is 19.1 Å². The Bertz CT molecular complexity index is 1420. The lowest BCUT2D eigenvalue weighted by atomic mass is 9.86. The van der Waals surface area contributed by atoms with Crippen LogP contribution in [0.1, 0.15) is 123 Å². The van der Waals surface area contributed by atoms with Gasteiger partial charge in [-0.25, -0.2) is 4.98 Å². The number of hydrogen-bond acceptors (Lipinski definition) is 8. The number of pyridine rings is 1. The lowest BCUT2D eigenvalue weighted by Crippen LogP contribution is -2.48. The molecule has 0 radical (unpaired) electrons. The van der Waals surface area contributed by atoms with Crippen LogP contribution in [0.3, 0.4) is 0 Å². The Hall–Kier alpha value is -3.43. The zero-order valence-corrected chi connectivity index (χ0v) is 28.6. The Balaban J connectivity index is 0.000000273. The number of likely N-dealkylation sites (tertiary alicyclic amines) is 1. The number of carbonyl (C=O) groups excluding carboxylic acids is 2. The highest BCUT2D eigenvalue weighted by Gasteiger charge is 2.34. The van der Waals surface area contributed by atoms with Gasteiger partial charge in [0.1, 0.15) is 5.78 Å². The summed E-state index contributed by atoms with van der Waals surface area (Å²) >= 11 is 0. The van der Waals surface area contributed by atoms with Crippen LogP contribution in [0, 0.1) is 5.41 Å². The van der Waals surface area contributed by atoms with Crippen LogP contribution in [0.25, 0.3) is 22.2 Å². The van der Waals surface area contributed by atoms with E-state index < -0.39 is 11.5 Å². The average molecular weight is 634 g/mol. The number of nitrogens with zero attached hydrogens (tertiary/aromatic N) is 3. The number of amides is 1. The number of Topliss-reactive ketones (excluding diaryl/α,β-unsaturated/α-hetero) is 1. The van der Waals surface area contributed by atoms with Crippen LogP contribution in [0.2, 0.25) is 0 Å². The molecule has 0 spiro atoms. The van der Waals surface area contributed by atoms with Gasteiger partial charge in [0.25, 0.3) is 5.91 Å². The van der Waals surface area contributed by atoms with Crippen LogP contribution in [-0.4, -0.2) is 62.1 Å². The number of nitrogens with one attached hydrogen (secondary N) is 1. The quantitative estimate of drug-likeness (QED) is 0.124. The highest BCUT2D eigenvalue weighted by Crippen LogP contribution is 2.39. The molecule has 9 nitrogen and oxygen atoms in total. The second kappa shape index (κ2) is 18.0. The largest absolute Gasteiger partial charge is 0.441 e. The monoisotopic (exact) mass is 633 g/mol. The van der Waals surface area contributed by atoms with Crippen molar-refractivity contribution in [3.8, 4) is 11.3 Å². The van der Waals surface area contributed by atoms with E-state index in [1.807, 2.05) is 27.0 Å². The third-order valence-electron chi connectivity index (χ3n) is 8.80. The van der Waals surface area contributed by atoms with E-state index in [-0.39, 0.29) is 12.1 Å². The van der Waals surface area contributed by atoms with E-state index in [2.05, 4.69) is 54.1 Å². The maximum atomic E-state index is 11.3. The van der Waals surface area contributed by atoms with E-state index in [4.69, 9.17) is 20.5 Å². The number of fused-ring (bicyclic) bond motifs is 1. The zero-order chi connectivity index (χ0) is 33.7. The van der Waals surface area contributed by atoms with Gasteiger partial charge in [0.15, 0.2) is 11.7 Å². The fraction of sp³-hybridized carbons (Fsp3) is 0.595. The minimum absolute atomic E-state index is 0.0776. The first-order chi connectivity index (χ1) is 22.1. The Morgan fingerprint density at radius 1 is 1.09 bits per heavy atom. The normalized spacial score (nSPS) is 15.9. The number of aromatic nitrogens is 2. The summed E-state index contributed by atoms with van der Waals surface area (Å²) in [6.07, 6.45) is 12.1. The maximum Gasteiger partial charge on any atom is 0.262 e. The molecule has 0 bridgehead atoms. The first kappa shape index (κ1) is 37.0. The van der Waals surface area contributed by atoms with Gasteiger partial charge in [-0.15, -0.1) is 0 Å². The van der Waals surface area contributed by atoms with E-state index in [1.54, 1.807) is 0 Å². The molecular weight excluding hydrogens is 578 g/mol. The fourth-order valence-corrected chi connectivity index (χ4v) is 5.64. The Kier molecular flexibility index (Phi) is 14.5. The molecule has 2 fully saturated rings. The number of primary amides is 1. The summed E-state index contributed by atoms with van der Waals surface area (Å²) in [6.45, 7) is 11.8. The molecule has 252 valence electrons. The second-order valence-electron chi connectivity index (χ2n) is 12.7. The van der Waals surface area contributed by atoms with Gasteiger partial charge in [0.2, 0.25) is 0 Å². The van der Waals surface area contributed by atoms with Crippen molar-refractivity contribution in [1.82, 2.24) is 14.9 Å². The van der Waals surface area contributed by atoms with Crippen molar-refractivity contribution in [3.63, 3.8) is 0 Å². The predicted molar refractivity (Wildman–Crippen MR) is 185 cm³/mol. The highest BCUT2D eigenvalue weighted by molar-refractivity contribution is 6.37. The SMILES string of the molecule is CC.CC(C)N1CCC(O)(CC(=N)C(N)=O)CC1.CCC(=O)CCCCCCc1ncc(-c2ccc3nc(C4CC4)ccc3c2)o1. The number of carbonyl (C=O) groups is 2. The van der Waals surface area contributed by atoms with E-state index >= 15 is 0 Å². The van der Waals surface area contributed by atoms with Crippen molar-refractivity contribution in [1.29, 1.82) is 5.41 Å². The number of benzene rings is 1. The third-order valence-corrected chi connectivity index (χ3v) is 8.80. The number of unbranched alkanes of at least 4 members (excludes halogenated alkanes) is 3. The lowest BCUT2D eigenvalue weighted by Gasteiger charge is -2.39. The molecule has 1 aliphatic carbocycles. The van der Waals surface area contributed by atoms with Crippen LogP contribution in [0.5, 0.6) is 0 Å². The third kappa shape index (κ3) is 11.4. The molecule has 1 aliphatic heterocycles. The number of aryl methyl sites for hydroxylation is 1. The summed E-state index contributed by atoms with van der Waals surface area (Å²) in [5.41, 5.74) is 7.22. The summed E-state index contributed by atoms with van der Waals surface area (Å²) in [5, 5.41) is 18.7. The first-order valence-corrected chi connectivity index (χ1v) is 17.3. The topological polar surface area (TPSA) is 146 Å². The molecule has 1 aromatic carbocycles. The van der Waals surface area contributed by atoms with Gasteiger partial charge in [-0.05, 0) is 76.6 Å². The molecule has 4 N–H and O–H groups in total. The van der Waals surface area contributed by atoms with E-state index in [1.165, 1.54) is 18.5 Å². The predicted octanol–water partition coefficient (Wildman–Crippen LogP) is 7.38. The van der Waals surface area contributed by atoms with Crippen LogP contribution >= 0.6 is 0 Å². The molecule has 1 saturated heterocycles. The Morgan fingerprint density at radius 3 is 2.41 bits per heavy atom. The molecule has 2 aliphatic rings. The average Bonchev–Trinajstić information content (AvgIpc) is 3.80. The van der Waals surface area contributed by atoms with Crippen molar-refractivity contribution >= 4 is 28.3 Å². The van der Waals surface area contributed by atoms with Gasteiger partial charge >= 0.3 is 0 Å². The zero-order valence-electron chi connectivity index (χ0n) is 28.6. The minimum atomic E-state index is -0.919. The van der Waals surface area contributed by atoms with Crippen LogP contribution < -0.4 is 5.73 Å². The van der Waals surface area contributed by atoms with Gasteiger partial charge in [0.05, 0.1) is 23.0 Å². The smallest absolute Gasteiger partial charge is 0.262 e. The number of piperidine rings is 1. The van der Waals surface area contributed by atoms with Gasteiger partial charge in [-0.2, -0.15) is 0 Å². The summed E-state index contributed by atoms with van der Waals surface area (Å²) in [5.74, 6) is 1.91. The molecule has 46 heavy (non-hydrogen) atoms. The van der Waals surface area contributed by atoms with Crippen molar-refractivity contribution in [2.24, 2.45) is 5.73 Å². The molecule has 5 rings (SSSR count). The number of aliphatic hydroxyl groups is 1. The summed E-state index contributed by atoms with van der Waals surface area (Å²) in [4.78, 5) is 33.6. The summed E-state index contributed by atoms with van der Waals surface area (Å²) in [6, 6.07) is 11.1. The number of rotatable bonds is 14. The van der Waals surface area contributed by atoms with E-state index in [9.17, 15) is 14.7 Å². The minimum Gasteiger partial charge on any atom is -0.441 e. The highest BCUT2D eigenvalue weighted by atomic mass is 16.4. The molecular formula is C37H55N5O4. The second-order valence-corrected chi connectivity index (χ2v) is 12.7. The maximum absolute atomic E-state index is 11.3. The van der Waals surface area contributed by atoms with Gasteiger partial charge < -0.3 is 20.2 Å². The number of oxazole rings is 1. The van der Waals surface area contributed by atoms with Crippen molar-refractivity contribution in [2.45, 2.75) is 129 Å². The van der Waals surface area contributed by atoms with E-state index in [0.717, 1.165) is 79.7 Å². The Morgan fingerprint density at radius 2 is 1.78 bits per heavy atom. The van der Waals surface area contributed by atoms with Gasteiger partial charge in [-0.1, -0.05) is 39.7 Å². The number of hydrogen-bond donors (Lipinski definition) is 3. The fourth-order valence-electron chi connectivity index (χ4n) is 5.64. The Labute approximate surface area is 274 Å². The summed E-state index contributed by atoms with van der Waals surface area (Å²) < 4.78 is 5.97. The van der Waals surface area contributed by atoms with Crippen LogP contribution in [0.15, 0.2) is 40.9 Å². The first-order valence-electron chi connectivity index (χ1n) is 17.3. The standard InChI is InChI=1S/C24H28N2O2.C11H21N3O2.C2H6/c1-2-20(27)7-5-3-4-6-8-24-25-16-23(28-24)19-12-14-22-18(15-19)11-13-21(26-22)17-9-10-17;1-8(2)14-5-3-11(16,4-6-14)7-9(12)10(13)15;1-2/h11-17H,2-10H2,1H3;8,12,16H,3-7H2,1-2H3,(H2,13,15);1-2H3. The lowest BCUT2D eigenvalue weighted by molar-refractivity contribution is -0.118. The number of nitrogens with two attached hydrogens (primary N) is 1. The molecule has 1 saturated carbocycles. The van der Waals surface area contributed by atoms with Crippen molar-refractivity contribution in [3.05, 3.63) is 48.1 Å². The number of ketones is 1. The molecule has 1 amide bonds. The molecule has 0 unspecified atom stereocenters. The van der Waals surface area contributed by atoms with Gasteiger partial charge in [-0.3, -0.25) is 20.0 Å². The van der Waals surface area contributed by atoms with Crippen molar-refractivity contribution in [2.75, 3.05) is 13.1 Å². The molecule has 0 atom stereocenters. The molecule has 3 aromatic rings. The van der Waals surface area contributed by atoms with Crippen LogP contribution in [-0.2, 0) is 16.0 Å². The summed E-state index contributed by atoms with van der Waals surface area (Å²) in [7, 11) is 0. The van der Waals surface area contributed by atoms with Crippen LogP contribution in [0.4, 0.5) is 0 Å². The molecule has 9 heteroatoms. The molecule has 3 heterocycles. The van der Waals surface area contributed by atoms with E-state index in [0.29, 0.717) is 37.0 Å².